The highest BCUT2D eigenvalue weighted by atomic mass is 19.3. The van der Waals surface area contributed by atoms with E-state index in [-0.39, 0.29) is 12.6 Å². The fourth-order valence-corrected chi connectivity index (χ4v) is 1.05. The molecule has 0 aliphatic rings. The van der Waals surface area contributed by atoms with Crippen LogP contribution in [0.25, 0.3) is 0 Å². The molecule has 2 nitrogen and oxygen atoms in total. The van der Waals surface area contributed by atoms with Crippen molar-refractivity contribution in [2.24, 2.45) is 0 Å². The van der Waals surface area contributed by atoms with Crippen LogP contribution >= 0.6 is 0 Å². The molecule has 1 aromatic heterocycles. The first-order chi connectivity index (χ1) is 6.09. The maximum Gasteiger partial charge on any atom is 0.250 e. The summed E-state index contributed by atoms with van der Waals surface area (Å²) in [4.78, 5) is 0. The molecule has 74 valence electrons. The van der Waals surface area contributed by atoms with Gasteiger partial charge in [-0.1, -0.05) is 0 Å². The quantitative estimate of drug-likeness (QED) is 0.787. The molecule has 0 radical (unpaired) electrons. The van der Waals surface area contributed by atoms with Gasteiger partial charge in [-0.25, -0.2) is 8.78 Å². The Morgan fingerprint density at radius 3 is 2.62 bits per heavy atom. The predicted octanol–water partition coefficient (Wildman–Crippen LogP) is 2.50. The normalized spacial score (nSPS) is 13.6. The molecule has 1 heterocycles. The van der Waals surface area contributed by atoms with E-state index < -0.39 is 6.43 Å². The lowest BCUT2D eigenvalue weighted by molar-refractivity contribution is 0.140. The van der Waals surface area contributed by atoms with E-state index in [1.165, 1.54) is 0 Å². The lowest BCUT2D eigenvalue weighted by atomic mass is 10.2. The van der Waals surface area contributed by atoms with Gasteiger partial charge in [0.05, 0.1) is 12.6 Å². The Morgan fingerprint density at radius 2 is 2.15 bits per heavy atom. The van der Waals surface area contributed by atoms with Crippen LogP contribution in [0.5, 0.6) is 0 Å². The highest BCUT2D eigenvalue weighted by Gasteiger charge is 2.10. The summed E-state index contributed by atoms with van der Waals surface area (Å²) < 4.78 is 28.9. The lowest BCUT2D eigenvalue weighted by Crippen LogP contribution is -2.24. The van der Waals surface area contributed by atoms with Gasteiger partial charge in [-0.15, -0.1) is 0 Å². The standard InChI is InChI=1S/C9H13F2NO/c1-6-3-4-8(13-6)7(2)12-5-9(10)11/h3-4,7,9,12H,5H2,1-2H3. The minimum Gasteiger partial charge on any atom is -0.465 e. The Kier molecular flexibility index (Phi) is 3.42. The van der Waals surface area contributed by atoms with Crippen LogP contribution in [0.1, 0.15) is 24.5 Å². The number of aryl methyl sites for hydroxylation is 1. The van der Waals surface area contributed by atoms with E-state index in [4.69, 9.17) is 4.42 Å². The topological polar surface area (TPSA) is 25.2 Å². The third-order valence-corrected chi connectivity index (χ3v) is 1.77. The van der Waals surface area contributed by atoms with Gasteiger partial charge in [0, 0.05) is 0 Å². The predicted molar refractivity (Wildman–Crippen MR) is 45.9 cm³/mol. The van der Waals surface area contributed by atoms with Crippen molar-refractivity contribution >= 4 is 0 Å². The number of rotatable bonds is 4. The van der Waals surface area contributed by atoms with Gasteiger partial charge in [0.2, 0.25) is 0 Å². The molecule has 1 atom stereocenters. The minimum atomic E-state index is -2.32. The zero-order chi connectivity index (χ0) is 9.84. The van der Waals surface area contributed by atoms with Crippen molar-refractivity contribution in [3.63, 3.8) is 0 Å². The molecule has 1 unspecified atom stereocenters. The second-order valence-corrected chi connectivity index (χ2v) is 2.97. The molecule has 1 rings (SSSR count). The largest absolute Gasteiger partial charge is 0.465 e. The van der Waals surface area contributed by atoms with Gasteiger partial charge in [-0.3, -0.25) is 0 Å². The summed E-state index contributed by atoms with van der Waals surface area (Å²) in [5.74, 6) is 1.49. The second kappa shape index (κ2) is 4.37. The van der Waals surface area contributed by atoms with Crippen LogP contribution in [0.15, 0.2) is 16.5 Å². The number of hydrogen-bond acceptors (Lipinski definition) is 2. The maximum atomic E-state index is 11.8. The first-order valence-corrected chi connectivity index (χ1v) is 4.17. The molecule has 0 saturated carbocycles. The molecule has 0 saturated heterocycles. The van der Waals surface area contributed by atoms with Gasteiger partial charge in [0.25, 0.3) is 6.43 Å². The van der Waals surface area contributed by atoms with Crippen LogP contribution in [-0.2, 0) is 0 Å². The SMILES string of the molecule is Cc1ccc(C(C)NCC(F)F)o1. The van der Waals surface area contributed by atoms with Gasteiger partial charge in [-0.05, 0) is 26.0 Å². The summed E-state index contributed by atoms with van der Waals surface area (Å²) in [5, 5.41) is 2.67. The minimum absolute atomic E-state index is 0.164. The van der Waals surface area contributed by atoms with E-state index in [9.17, 15) is 8.78 Å². The zero-order valence-corrected chi connectivity index (χ0v) is 7.68. The maximum absolute atomic E-state index is 11.8. The molecule has 0 aliphatic heterocycles. The van der Waals surface area contributed by atoms with E-state index in [0.717, 1.165) is 5.76 Å². The molecule has 0 spiro atoms. The first kappa shape index (κ1) is 10.2. The third kappa shape index (κ3) is 3.14. The summed E-state index contributed by atoms with van der Waals surface area (Å²) in [6, 6.07) is 3.44. The summed E-state index contributed by atoms with van der Waals surface area (Å²) in [6.45, 7) is 3.31. The molecular formula is C9H13F2NO. The molecule has 13 heavy (non-hydrogen) atoms. The average Bonchev–Trinajstić information content (AvgIpc) is 2.47. The monoisotopic (exact) mass is 189 g/mol. The molecule has 1 aromatic rings. The Balaban J connectivity index is 2.44. The van der Waals surface area contributed by atoms with Gasteiger partial charge in [-0.2, -0.15) is 0 Å². The number of alkyl halides is 2. The highest BCUT2D eigenvalue weighted by molar-refractivity contribution is 5.08. The third-order valence-electron chi connectivity index (χ3n) is 1.77. The van der Waals surface area contributed by atoms with Crippen molar-refractivity contribution in [1.29, 1.82) is 0 Å². The first-order valence-electron chi connectivity index (χ1n) is 4.17. The Labute approximate surface area is 75.9 Å². The van der Waals surface area contributed by atoms with Gasteiger partial charge >= 0.3 is 0 Å². The summed E-state index contributed by atoms with van der Waals surface area (Å²) in [6.07, 6.45) is -2.32. The van der Waals surface area contributed by atoms with Crippen LogP contribution in [0.3, 0.4) is 0 Å². The molecule has 0 aliphatic carbocycles. The number of hydrogen-bond donors (Lipinski definition) is 1. The van der Waals surface area contributed by atoms with Gasteiger partial charge in [0.1, 0.15) is 11.5 Å². The Morgan fingerprint density at radius 1 is 1.46 bits per heavy atom. The van der Waals surface area contributed by atoms with E-state index in [1.54, 1.807) is 13.0 Å². The molecular weight excluding hydrogens is 176 g/mol. The Bertz CT molecular complexity index is 260. The average molecular weight is 189 g/mol. The lowest BCUT2D eigenvalue weighted by Gasteiger charge is -2.10. The van der Waals surface area contributed by atoms with Crippen molar-refractivity contribution in [3.05, 3.63) is 23.7 Å². The fraction of sp³-hybridized carbons (Fsp3) is 0.556. The van der Waals surface area contributed by atoms with E-state index >= 15 is 0 Å². The summed E-state index contributed by atoms with van der Waals surface area (Å²) >= 11 is 0. The number of furan rings is 1. The summed E-state index contributed by atoms with van der Waals surface area (Å²) in [7, 11) is 0. The van der Waals surface area contributed by atoms with E-state index in [0.29, 0.717) is 5.76 Å². The Hall–Kier alpha value is -0.900. The van der Waals surface area contributed by atoms with E-state index in [2.05, 4.69) is 5.32 Å². The zero-order valence-electron chi connectivity index (χ0n) is 7.68. The van der Waals surface area contributed by atoms with Crippen LogP contribution in [-0.4, -0.2) is 13.0 Å². The fourth-order valence-electron chi connectivity index (χ4n) is 1.05. The smallest absolute Gasteiger partial charge is 0.250 e. The molecule has 1 N–H and O–H groups in total. The van der Waals surface area contributed by atoms with Crippen molar-refractivity contribution in [2.45, 2.75) is 26.3 Å². The molecule has 4 heteroatoms. The van der Waals surface area contributed by atoms with Crippen LogP contribution in [0.2, 0.25) is 0 Å². The second-order valence-electron chi connectivity index (χ2n) is 2.97. The summed E-state index contributed by atoms with van der Waals surface area (Å²) in [5.41, 5.74) is 0. The molecule has 0 bridgehead atoms. The molecule has 0 amide bonds. The van der Waals surface area contributed by atoms with Crippen LogP contribution < -0.4 is 5.32 Å². The van der Waals surface area contributed by atoms with Crippen molar-refractivity contribution < 1.29 is 13.2 Å². The van der Waals surface area contributed by atoms with Crippen molar-refractivity contribution in [3.8, 4) is 0 Å². The van der Waals surface area contributed by atoms with Crippen molar-refractivity contribution in [2.75, 3.05) is 6.54 Å². The van der Waals surface area contributed by atoms with Gasteiger partial charge < -0.3 is 9.73 Å². The van der Waals surface area contributed by atoms with Crippen LogP contribution in [0.4, 0.5) is 8.78 Å². The van der Waals surface area contributed by atoms with Crippen LogP contribution in [0, 0.1) is 6.92 Å². The highest BCUT2D eigenvalue weighted by Crippen LogP contribution is 2.15. The molecule has 0 fully saturated rings. The molecule has 0 aromatic carbocycles. The number of halogens is 2. The number of nitrogens with one attached hydrogen (secondary N) is 1. The van der Waals surface area contributed by atoms with Crippen molar-refractivity contribution in [1.82, 2.24) is 5.32 Å². The van der Waals surface area contributed by atoms with Gasteiger partial charge in [0.15, 0.2) is 0 Å². The van der Waals surface area contributed by atoms with E-state index in [1.807, 2.05) is 13.0 Å².